The van der Waals surface area contributed by atoms with Gasteiger partial charge >= 0.3 is 12.4 Å². The number of morpholine rings is 2. The number of hydrogen-bond acceptors (Lipinski definition) is 17. The molecule has 1 amide bonds. The monoisotopic (exact) mass is 990 g/mol. The van der Waals surface area contributed by atoms with Crippen molar-refractivity contribution < 1.29 is 54.2 Å². The third-order valence-electron chi connectivity index (χ3n) is 9.41. The molecule has 0 aliphatic carbocycles. The zero-order valence-corrected chi connectivity index (χ0v) is 36.3. The highest BCUT2D eigenvalue weighted by molar-refractivity contribution is 6.67. The standard InChI is InChI=1S/C21H19F4N7O2.C13H8ClF3N2O.C8H12FN5O/c22-16-12-27-20(29-18(16)32-6-8-34-9-7-32)31-30-19(33)17-5-4-15(11-26-17)28-14-3-1-2-13(10-14)21(23,24)25;14-12(20)11-5-4-10(7-18-11)19-9-3-1-2-8(6-9)13(15,16)17;9-6-5-11-8(13-10)12-7(6)14-1-3-15-4-2-14/h1-5,10-12,28H,6-9H2,(H,30,33)(H,27,29,31);1-7,19H;5H,1-4,10H2,(H,11,12,13). The average Bonchev–Trinajstić information content (AvgIpc) is 3.35. The first kappa shape index (κ1) is 50.9. The highest BCUT2D eigenvalue weighted by Crippen LogP contribution is 2.33. The lowest BCUT2D eigenvalue weighted by Gasteiger charge is -2.28. The summed E-state index contributed by atoms with van der Waals surface area (Å²) in [7, 11) is 0. The number of amides is 1. The van der Waals surface area contributed by atoms with E-state index in [9.17, 15) is 44.7 Å². The molecular formula is C42H39ClF8N14O4. The molecule has 2 aliphatic heterocycles. The molecule has 0 atom stereocenters. The van der Waals surface area contributed by atoms with Crippen LogP contribution in [0.15, 0.2) is 97.6 Å². The van der Waals surface area contributed by atoms with E-state index in [-0.39, 0.29) is 46.3 Å². The summed E-state index contributed by atoms with van der Waals surface area (Å²) >= 11 is 5.24. The van der Waals surface area contributed by atoms with Crippen molar-refractivity contribution in [3.05, 3.63) is 132 Å². The van der Waals surface area contributed by atoms with Gasteiger partial charge in [0.05, 0.1) is 73.7 Å². The van der Waals surface area contributed by atoms with Crippen molar-refractivity contribution in [1.29, 1.82) is 0 Å². The SMILES string of the molecule is NNc1ncc(F)c(N2CCOCC2)n1.O=C(Cl)c1ccc(Nc2cccc(C(F)(F)F)c2)cn1.O=C(NNc1ncc(F)c(N2CCOCC2)n1)c1ccc(Nc2cccc(C(F)(F)F)c2)cn1. The van der Waals surface area contributed by atoms with Crippen LogP contribution in [0.3, 0.4) is 0 Å². The normalized spacial score (nSPS) is 13.7. The maximum absolute atomic E-state index is 14.1. The molecule has 18 nitrogen and oxygen atoms in total. The van der Waals surface area contributed by atoms with Gasteiger partial charge in [0.15, 0.2) is 23.3 Å². The fraction of sp³-hybridized carbons (Fsp3) is 0.238. The second-order valence-corrected chi connectivity index (χ2v) is 14.5. The number of pyridine rings is 2. The van der Waals surface area contributed by atoms with Gasteiger partial charge in [0.1, 0.15) is 11.4 Å². The Balaban J connectivity index is 0.000000188. The fourth-order valence-corrected chi connectivity index (χ4v) is 6.19. The summed E-state index contributed by atoms with van der Waals surface area (Å²) in [4.78, 5) is 50.0. The molecule has 364 valence electrons. The van der Waals surface area contributed by atoms with E-state index in [1.54, 1.807) is 9.80 Å². The number of carbonyl (C=O) groups excluding carboxylic acids is 2. The Hall–Kier alpha value is -7.55. The van der Waals surface area contributed by atoms with Gasteiger partial charge in [-0.2, -0.15) is 36.3 Å². The summed E-state index contributed by atoms with van der Waals surface area (Å²) in [5.74, 6) is 4.05. The molecule has 0 saturated carbocycles. The second kappa shape index (κ2) is 23.5. The highest BCUT2D eigenvalue weighted by Gasteiger charge is 2.31. The Morgan fingerprint density at radius 3 is 1.46 bits per heavy atom. The Labute approximate surface area is 391 Å². The number of nitrogens with one attached hydrogen (secondary N) is 5. The number of nitrogens with zero attached hydrogens (tertiary/aromatic N) is 8. The Kier molecular flexibility index (Phi) is 17.3. The molecule has 7 N–H and O–H groups in total. The number of ether oxygens (including phenoxy) is 2. The molecule has 27 heteroatoms. The number of anilines is 8. The number of halogens is 9. The van der Waals surface area contributed by atoms with E-state index in [4.69, 9.17) is 26.9 Å². The molecule has 6 aromatic rings. The van der Waals surface area contributed by atoms with Crippen LogP contribution in [0, 0.1) is 11.6 Å². The van der Waals surface area contributed by atoms with Crippen LogP contribution < -0.4 is 42.6 Å². The molecule has 8 rings (SSSR count). The molecule has 0 radical (unpaired) electrons. The van der Waals surface area contributed by atoms with Crippen molar-refractivity contribution in [1.82, 2.24) is 35.3 Å². The van der Waals surface area contributed by atoms with Gasteiger partial charge in [-0.3, -0.25) is 25.9 Å². The zero-order valence-electron chi connectivity index (χ0n) is 35.6. The maximum atomic E-state index is 14.1. The van der Waals surface area contributed by atoms with Crippen molar-refractivity contribution in [3.63, 3.8) is 0 Å². The quantitative estimate of drug-likeness (QED) is 0.0324. The number of nitrogens with two attached hydrogens (primary N) is 1. The van der Waals surface area contributed by atoms with E-state index >= 15 is 0 Å². The van der Waals surface area contributed by atoms with E-state index in [2.05, 4.69) is 56.8 Å². The van der Waals surface area contributed by atoms with Gasteiger partial charge in [0.25, 0.3) is 11.1 Å². The smallest absolute Gasteiger partial charge is 0.378 e. The number of alkyl halides is 6. The molecular weight excluding hydrogens is 952 g/mol. The molecule has 2 aromatic carbocycles. The minimum absolute atomic E-state index is 0.0147. The van der Waals surface area contributed by atoms with Gasteiger partial charge in [-0.15, -0.1) is 0 Å². The van der Waals surface area contributed by atoms with Crippen LogP contribution in [0.5, 0.6) is 0 Å². The van der Waals surface area contributed by atoms with E-state index in [1.165, 1.54) is 60.9 Å². The molecule has 0 unspecified atom stereocenters. The number of carbonyl (C=O) groups is 2. The highest BCUT2D eigenvalue weighted by atomic mass is 35.5. The molecule has 4 aromatic heterocycles. The van der Waals surface area contributed by atoms with Crippen molar-refractivity contribution in [2.45, 2.75) is 12.4 Å². The Morgan fingerprint density at radius 2 is 1.04 bits per heavy atom. The van der Waals surface area contributed by atoms with Crippen molar-refractivity contribution in [2.75, 3.05) is 83.9 Å². The van der Waals surface area contributed by atoms with E-state index in [0.29, 0.717) is 64.0 Å². The zero-order chi connectivity index (χ0) is 49.6. The van der Waals surface area contributed by atoms with Crippen molar-refractivity contribution >= 4 is 69.0 Å². The minimum Gasteiger partial charge on any atom is -0.378 e. The second-order valence-electron chi connectivity index (χ2n) is 14.2. The fourth-order valence-electron chi connectivity index (χ4n) is 6.08. The van der Waals surface area contributed by atoms with E-state index < -0.39 is 46.3 Å². The number of nitrogen functional groups attached to an aromatic ring is 1. The molecule has 2 saturated heterocycles. The Bertz CT molecular complexity index is 2660. The lowest BCUT2D eigenvalue weighted by atomic mass is 10.2. The third-order valence-corrected chi connectivity index (χ3v) is 9.60. The van der Waals surface area contributed by atoms with Crippen LogP contribution in [0.1, 0.15) is 32.1 Å². The molecule has 69 heavy (non-hydrogen) atoms. The molecule has 6 heterocycles. The van der Waals surface area contributed by atoms with Gasteiger partial charge in [-0.05, 0) is 72.3 Å². The summed E-state index contributed by atoms with van der Waals surface area (Å²) in [6, 6.07) is 15.2. The van der Waals surface area contributed by atoms with Gasteiger partial charge < -0.3 is 29.9 Å². The number of hydrazine groups is 2. The first-order valence-electron chi connectivity index (χ1n) is 20.2. The van der Waals surface area contributed by atoms with E-state index in [0.717, 1.165) is 36.7 Å². The summed E-state index contributed by atoms with van der Waals surface area (Å²) in [6.45, 7) is 4.26. The van der Waals surface area contributed by atoms with Crippen LogP contribution in [0.2, 0.25) is 0 Å². The summed E-state index contributed by atoms with van der Waals surface area (Å²) in [5.41, 5.74) is 7.07. The first-order valence-corrected chi connectivity index (χ1v) is 20.6. The van der Waals surface area contributed by atoms with Crippen molar-refractivity contribution in [3.8, 4) is 0 Å². The number of benzene rings is 2. The van der Waals surface area contributed by atoms with Crippen LogP contribution in [-0.4, -0.2) is 93.7 Å². The van der Waals surface area contributed by atoms with Gasteiger partial charge in [-0.25, -0.2) is 34.6 Å². The van der Waals surface area contributed by atoms with Crippen LogP contribution in [-0.2, 0) is 21.8 Å². The van der Waals surface area contributed by atoms with Crippen LogP contribution >= 0.6 is 11.6 Å². The third kappa shape index (κ3) is 15.0. The summed E-state index contributed by atoms with van der Waals surface area (Å²) in [6.07, 6.45) is -4.13. The molecule has 0 bridgehead atoms. The van der Waals surface area contributed by atoms with E-state index in [1.807, 2.05) is 0 Å². The van der Waals surface area contributed by atoms with Gasteiger partial charge in [0, 0.05) is 37.6 Å². The average molecular weight is 991 g/mol. The topological polar surface area (TPSA) is 223 Å². The molecule has 2 aliphatic rings. The Morgan fingerprint density at radius 1 is 0.594 bits per heavy atom. The summed E-state index contributed by atoms with van der Waals surface area (Å²) < 4.78 is 114. The van der Waals surface area contributed by atoms with Gasteiger partial charge in [0.2, 0.25) is 11.9 Å². The largest absolute Gasteiger partial charge is 0.416 e. The summed E-state index contributed by atoms with van der Waals surface area (Å²) in [5, 5.41) is 4.87. The van der Waals surface area contributed by atoms with Crippen LogP contribution in [0.25, 0.3) is 0 Å². The van der Waals surface area contributed by atoms with Crippen LogP contribution in [0.4, 0.5) is 81.4 Å². The number of aromatic nitrogens is 6. The number of hydrogen-bond donors (Lipinski definition) is 6. The molecule has 2 fully saturated rings. The lowest BCUT2D eigenvalue weighted by Crippen LogP contribution is -2.38. The number of rotatable bonds is 11. The predicted octanol–water partition coefficient (Wildman–Crippen LogP) is 7.33. The van der Waals surface area contributed by atoms with Gasteiger partial charge in [-0.1, -0.05) is 12.1 Å². The minimum atomic E-state index is -4.46. The lowest BCUT2D eigenvalue weighted by molar-refractivity contribution is -0.138. The maximum Gasteiger partial charge on any atom is 0.416 e. The molecule has 0 spiro atoms. The first-order chi connectivity index (χ1) is 33.0. The predicted molar refractivity (Wildman–Crippen MR) is 237 cm³/mol. The van der Waals surface area contributed by atoms with Crippen molar-refractivity contribution in [2.24, 2.45) is 5.84 Å².